The Hall–Kier alpha value is -2.41. The van der Waals surface area contributed by atoms with Gasteiger partial charge in [0.05, 0.1) is 31.4 Å². The summed E-state index contributed by atoms with van der Waals surface area (Å²) in [4.78, 5) is 24.1. The van der Waals surface area contributed by atoms with Crippen molar-refractivity contribution in [2.75, 3.05) is 14.2 Å². The summed E-state index contributed by atoms with van der Waals surface area (Å²) in [5.74, 6) is -0.978. The van der Waals surface area contributed by atoms with Crippen LogP contribution in [0.3, 0.4) is 0 Å². The van der Waals surface area contributed by atoms with E-state index in [9.17, 15) is 9.59 Å². The van der Waals surface area contributed by atoms with Gasteiger partial charge >= 0.3 is 11.9 Å². The molecule has 116 valence electrons. The monoisotopic (exact) mass is 320 g/mol. The molecule has 0 aromatic heterocycles. The van der Waals surface area contributed by atoms with Gasteiger partial charge in [-0.25, -0.2) is 9.59 Å². The summed E-state index contributed by atoms with van der Waals surface area (Å²) >= 11 is 5.15. The number of hydrogen-bond acceptors (Lipinski definition) is 5. The number of carbonyl (C=O) groups excluding carboxylic acids is 2. The molecule has 0 amide bonds. The molecule has 0 fully saturated rings. The van der Waals surface area contributed by atoms with Crippen LogP contribution >= 0.6 is 12.2 Å². The highest BCUT2D eigenvalue weighted by Gasteiger charge is 2.32. The first kappa shape index (κ1) is 16.0. The van der Waals surface area contributed by atoms with Gasteiger partial charge in [0, 0.05) is 5.70 Å². The highest BCUT2D eigenvalue weighted by atomic mass is 32.1. The summed E-state index contributed by atoms with van der Waals surface area (Å²) in [6, 6.07) is 6.30. The van der Waals surface area contributed by atoms with Crippen molar-refractivity contribution < 1.29 is 19.1 Å². The Balaban J connectivity index is 2.58. The molecule has 1 aromatic rings. The summed E-state index contributed by atoms with van der Waals surface area (Å²) < 4.78 is 9.63. The SMILES string of the molecule is COC(=O)C1=C(C)NC(=S)NC1c1ccccc1C(=O)OC. The maximum absolute atomic E-state index is 12.1. The zero-order chi connectivity index (χ0) is 16.3. The van der Waals surface area contributed by atoms with Crippen LogP contribution in [-0.2, 0) is 14.3 Å². The number of carbonyl (C=O) groups is 2. The predicted octanol–water partition coefficient (Wildman–Crippen LogP) is 1.44. The van der Waals surface area contributed by atoms with E-state index in [0.717, 1.165) is 0 Å². The quantitative estimate of drug-likeness (QED) is 0.644. The van der Waals surface area contributed by atoms with E-state index < -0.39 is 18.0 Å². The van der Waals surface area contributed by atoms with Crippen molar-refractivity contribution in [3.05, 3.63) is 46.7 Å². The van der Waals surface area contributed by atoms with Crippen molar-refractivity contribution in [3.8, 4) is 0 Å². The topological polar surface area (TPSA) is 76.7 Å². The number of ether oxygens (including phenoxy) is 2. The Morgan fingerprint density at radius 3 is 2.41 bits per heavy atom. The minimum absolute atomic E-state index is 0.362. The molecule has 6 nitrogen and oxygen atoms in total. The van der Waals surface area contributed by atoms with Gasteiger partial charge in [0.25, 0.3) is 0 Å². The third kappa shape index (κ3) is 2.94. The molecule has 2 rings (SSSR count). The smallest absolute Gasteiger partial charge is 0.338 e. The number of methoxy groups -OCH3 is 2. The highest BCUT2D eigenvalue weighted by molar-refractivity contribution is 7.80. The van der Waals surface area contributed by atoms with Crippen molar-refractivity contribution in [1.82, 2.24) is 10.6 Å². The second-order valence-electron chi connectivity index (χ2n) is 4.64. The lowest BCUT2D eigenvalue weighted by molar-refractivity contribution is -0.136. The van der Waals surface area contributed by atoms with Crippen LogP contribution in [0.5, 0.6) is 0 Å². The standard InChI is InChI=1S/C15H16N2O4S/c1-8-11(14(19)21-3)12(17-15(22)16-8)9-6-4-5-7-10(9)13(18)20-2/h4-7,12H,1-3H3,(H2,16,17,22). The Labute approximate surface area is 133 Å². The summed E-state index contributed by atoms with van der Waals surface area (Å²) in [7, 11) is 2.61. The molecule has 1 atom stereocenters. The van der Waals surface area contributed by atoms with E-state index in [1.807, 2.05) is 0 Å². The van der Waals surface area contributed by atoms with E-state index in [4.69, 9.17) is 21.7 Å². The van der Waals surface area contributed by atoms with Crippen LogP contribution in [-0.4, -0.2) is 31.3 Å². The molecule has 7 heteroatoms. The predicted molar refractivity (Wildman–Crippen MR) is 84.1 cm³/mol. The third-order valence-corrected chi connectivity index (χ3v) is 3.57. The highest BCUT2D eigenvalue weighted by Crippen LogP contribution is 2.30. The lowest BCUT2D eigenvalue weighted by atomic mass is 9.92. The van der Waals surface area contributed by atoms with E-state index in [1.54, 1.807) is 31.2 Å². The first-order valence-electron chi connectivity index (χ1n) is 6.53. The van der Waals surface area contributed by atoms with Gasteiger partial charge in [-0.3, -0.25) is 0 Å². The van der Waals surface area contributed by atoms with Gasteiger partial charge in [-0.15, -0.1) is 0 Å². The van der Waals surface area contributed by atoms with E-state index in [1.165, 1.54) is 14.2 Å². The Morgan fingerprint density at radius 1 is 1.14 bits per heavy atom. The van der Waals surface area contributed by atoms with E-state index in [2.05, 4.69) is 10.6 Å². The molecule has 0 bridgehead atoms. The zero-order valence-electron chi connectivity index (χ0n) is 12.4. The molecule has 0 spiro atoms. The second-order valence-corrected chi connectivity index (χ2v) is 5.05. The van der Waals surface area contributed by atoms with Gasteiger partial charge in [0.15, 0.2) is 5.11 Å². The molecule has 0 saturated carbocycles. The lowest BCUT2D eigenvalue weighted by Gasteiger charge is -2.30. The Morgan fingerprint density at radius 2 is 1.77 bits per heavy atom. The summed E-state index contributed by atoms with van der Waals surface area (Å²) in [5, 5.41) is 6.26. The van der Waals surface area contributed by atoms with Crippen molar-refractivity contribution in [3.63, 3.8) is 0 Å². The number of nitrogens with one attached hydrogen (secondary N) is 2. The molecule has 1 heterocycles. The van der Waals surface area contributed by atoms with Gasteiger partial charge in [0.1, 0.15) is 0 Å². The minimum atomic E-state index is -0.587. The summed E-state index contributed by atoms with van der Waals surface area (Å²) in [6.45, 7) is 1.73. The van der Waals surface area contributed by atoms with E-state index in [-0.39, 0.29) is 0 Å². The van der Waals surface area contributed by atoms with Crippen LogP contribution in [0.4, 0.5) is 0 Å². The molecule has 1 aliphatic heterocycles. The van der Waals surface area contributed by atoms with Gasteiger partial charge < -0.3 is 20.1 Å². The van der Waals surface area contributed by atoms with Crippen molar-refractivity contribution in [2.24, 2.45) is 0 Å². The van der Waals surface area contributed by atoms with Crippen LogP contribution in [0, 0.1) is 0 Å². The number of thiocarbonyl (C=S) groups is 1. The maximum atomic E-state index is 12.1. The molecule has 1 aliphatic rings. The average molecular weight is 320 g/mol. The molecular weight excluding hydrogens is 304 g/mol. The van der Waals surface area contributed by atoms with Crippen molar-refractivity contribution in [2.45, 2.75) is 13.0 Å². The van der Waals surface area contributed by atoms with Gasteiger partial charge in [-0.2, -0.15) is 0 Å². The van der Waals surface area contributed by atoms with Crippen LogP contribution in [0.25, 0.3) is 0 Å². The molecule has 0 radical (unpaired) electrons. The number of rotatable bonds is 3. The first-order chi connectivity index (χ1) is 10.5. The van der Waals surface area contributed by atoms with Crippen LogP contribution in [0.2, 0.25) is 0 Å². The third-order valence-electron chi connectivity index (χ3n) is 3.35. The number of benzene rings is 1. The van der Waals surface area contributed by atoms with E-state index >= 15 is 0 Å². The zero-order valence-corrected chi connectivity index (χ0v) is 13.2. The maximum Gasteiger partial charge on any atom is 0.338 e. The Kier molecular flexibility index (Phi) is 4.77. The molecule has 1 aromatic carbocycles. The lowest BCUT2D eigenvalue weighted by Crippen LogP contribution is -2.45. The largest absolute Gasteiger partial charge is 0.466 e. The fourth-order valence-electron chi connectivity index (χ4n) is 2.35. The van der Waals surface area contributed by atoms with Gasteiger partial charge in [-0.1, -0.05) is 18.2 Å². The fraction of sp³-hybridized carbons (Fsp3) is 0.267. The minimum Gasteiger partial charge on any atom is -0.466 e. The number of hydrogen-bond donors (Lipinski definition) is 2. The molecule has 2 N–H and O–H groups in total. The van der Waals surface area contributed by atoms with Crippen LogP contribution < -0.4 is 10.6 Å². The second kappa shape index (κ2) is 6.57. The molecule has 22 heavy (non-hydrogen) atoms. The number of allylic oxidation sites excluding steroid dienone is 1. The Bertz CT molecular complexity index is 669. The van der Waals surface area contributed by atoms with Crippen LogP contribution in [0.15, 0.2) is 35.5 Å². The molecule has 0 saturated heterocycles. The average Bonchev–Trinajstić information content (AvgIpc) is 2.52. The fourth-order valence-corrected chi connectivity index (χ4v) is 2.62. The molecule has 0 aliphatic carbocycles. The van der Waals surface area contributed by atoms with Gasteiger partial charge in [0.2, 0.25) is 0 Å². The van der Waals surface area contributed by atoms with Gasteiger partial charge in [-0.05, 0) is 30.8 Å². The normalized spacial score (nSPS) is 17.4. The molecule has 1 unspecified atom stereocenters. The van der Waals surface area contributed by atoms with Crippen molar-refractivity contribution >= 4 is 29.3 Å². The first-order valence-corrected chi connectivity index (χ1v) is 6.94. The van der Waals surface area contributed by atoms with E-state index in [0.29, 0.717) is 27.5 Å². The number of esters is 2. The van der Waals surface area contributed by atoms with Crippen LogP contribution in [0.1, 0.15) is 28.9 Å². The molecular formula is C15H16N2O4S. The summed E-state index contributed by atoms with van der Waals surface area (Å²) in [5.41, 5.74) is 1.91. The summed E-state index contributed by atoms with van der Waals surface area (Å²) in [6.07, 6.45) is 0. The van der Waals surface area contributed by atoms with Crippen molar-refractivity contribution in [1.29, 1.82) is 0 Å².